The molecule has 4 atom stereocenters. The van der Waals surface area contributed by atoms with E-state index in [-0.39, 0.29) is 5.25 Å². The van der Waals surface area contributed by atoms with Crippen LogP contribution in [0.1, 0.15) is 75.5 Å². The minimum atomic E-state index is -1.29. The maximum atomic E-state index is 13.8. The molecule has 0 radical (unpaired) electrons. The number of nitrogens with zero attached hydrogens (tertiary/aromatic N) is 1. The minimum Gasteiger partial charge on any atom is -0.480 e. The highest BCUT2D eigenvalue weighted by atomic mass is 35.5. The van der Waals surface area contributed by atoms with Gasteiger partial charge in [-0.25, -0.2) is 4.21 Å². The third-order valence-electron chi connectivity index (χ3n) is 8.04. The third kappa shape index (κ3) is 5.30. The Balaban J connectivity index is 1.57. The number of carboxylic acid groups (broad SMARTS) is 1. The molecule has 0 bridgehead atoms. The zero-order valence-electron chi connectivity index (χ0n) is 20.2. The molecule has 1 aromatic carbocycles. The van der Waals surface area contributed by atoms with Gasteiger partial charge in [-0.2, -0.15) is 0 Å². The van der Waals surface area contributed by atoms with Crippen LogP contribution >= 0.6 is 23.4 Å². The van der Waals surface area contributed by atoms with Crippen LogP contribution in [-0.2, 0) is 15.6 Å². The average molecular weight is 532 g/mol. The molecule has 1 N–H and O–H groups in total. The summed E-state index contributed by atoms with van der Waals surface area (Å²) < 4.78 is 13.8. The van der Waals surface area contributed by atoms with E-state index in [4.69, 9.17) is 11.6 Å². The Kier molecular flexibility index (Phi) is 7.81. The van der Waals surface area contributed by atoms with Gasteiger partial charge in [0.15, 0.2) is 0 Å². The number of rotatable bonds is 4. The van der Waals surface area contributed by atoms with Crippen molar-refractivity contribution in [3.05, 3.63) is 57.6 Å². The van der Waals surface area contributed by atoms with Crippen LogP contribution in [-0.4, -0.2) is 27.1 Å². The summed E-state index contributed by atoms with van der Waals surface area (Å²) in [4.78, 5) is 14.7. The van der Waals surface area contributed by atoms with Crippen molar-refractivity contribution >= 4 is 45.8 Å². The van der Waals surface area contributed by atoms with Gasteiger partial charge < -0.3 is 10.0 Å². The second-order valence-corrected chi connectivity index (χ2v) is 13.4. The summed E-state index contributed by atoms with van der Waals surface area (Å²) in [6.07, 6.45) is 16.3. The summed E-state index contributed by atoms with van der Waals surface area (Å²) in [7, 11) is -1.29. The summed E-state index contributed by atoms with van der Waals surface area (Å²) in [5.41, 5.74) is 4.35. The lowest BCUT2D eigenvalue weighted by Gasteiger charge is -2.39. The number of aliphatic carboxylic acids is 1. The van der Waals surface area contributed by atoms with Gasteiger partial charge in [0.25, 0.3) is 0 Å². The topological polar surface area (TPSA) is 57.6 Å². The first kappa shape index (κ1) is 25.2. The summed E-state index contributed by atoms with van der Waals surface area (Å²) >= 11 is 8.36. The lowest BCUT2D eigenvalue weighted by Crippen LogP contribution is -2.36. The van der Waals surface area contributed by atoms with Gasteiger partial charge in [-0.05, 0) is 75.1 Å². The SMILES string of the molecule is C/C1=C\S(=O)c2cc(C3CCC(C(=O)O)S3)c(Cl)cc2N(C2=CC=CCC2)C[C@H]1C1CCCCC1. The Hall–Kier alpha value is -1.50. The van der Waals surface area contributed by atoms with Crippen LogP contribution in [0.15, 0.2) is 51.9 Å². The number of halogens is 1. The van der Waals surface area contributed by atoms with E-state index in [1.807, 2.05) is 17.5 Å². The molecule has 4 aliphatic rings. The van der Waals surface area contributed by atoms with Crippen LogP contribution in [0.4, 0.5) is 5.69 Å². The second-order valence-electron chi connectivity index (χ2n) is 10.3. The first-order valence-corrected chi connectivity index (χ1v) is 15.4. The number of carboxylic acids is 1. The van der Waals surface area contributed by atoms with E-state index in [0.717, 1.165) is 42.0 Å². The van der Waals surface area contributed by atoms with Gasteiger partial charge in [-0.1, -0.05) is 48.6 Å². The molecule has 35 heavy (non-hydrogen) atoms. The van der Waals surface area contributed by atoms with Crippen LogP contribution < -0.4 is 4.90 Å². The molecule has 1 aromatic rings. The number of fused-ring (bicyclic) bond motifs is 1. The largest absolute Gasteiger partial charge is 0.480 e. The molecule has 1 saturated heterocycles. The molecule has 2 aliphatic heterocycles. The molecule has 2 aliphatic carbocycles. The van der Waals surface area contributed by atoms with E-state index >= 15 is 0 Å². The first-order valence-electron chi connectivity index (χ1n) is 12.9. The molecular weight excluding hydrogens is 498 g/mol. The highest BCUT2D eigenvalue weighted by molar-refractivity contribution is 8.01. The predicted molar refractivity (Wildman–Crippen MR) is 146 cm³/mol. The summed E-state index contributed by atoms with van der Waals surface area (Å²) in [6.45, 7) is 3.04. The van der Waals surface area contributed by atoms with Crippen molar-refractivity contribution in [3.8, 4) is 0 Å². The lowest BCUT2D eigenvalue weighted by molar-refractivity contribution is -0.136. The fourth-order valence-corrected chi connectivity index (χ4v) is 9.14. The first-order chi connectivity index (χ1) is 16.9. The smallest absolute Gasteiger partial charge is 0.316 e. The van der Waals surface area contributed by atoms with E-state index < -0.39 is 22.0 Å². The number of hydrogen-bond acceptors (Lipinski definition) is 4. The fourth-order valence-electron chi connectivity index (χ4n) is 6.13. The number of thioether (sulfide) groups is 1. The minimum absolute atomic E-state index is 0.0154. The molecular formula is C28H34ClNO3S2. The Morgan fingerprint density at radius 1 is 1.17 bits per heavy atom. The van der Waals surface area contributed by atoms with Gasteiger partial charge in [0.2, 0.25) is 0 Å². The summed E-state index contributed by atoms with van der Waals surface area (Å²) in [5, 5.41) is 11.7. The summed E-state index contributed by atoms with van der Waals surface area (Å²) in [6, 6.07) is 4.01. The second kappa shape index (κ2) is 10.9. The molecule has 5 rings (SSSR count). The number of allylic oxidation sites excluding steroid dienone is 4. The Morgan fingerprint density at radius 3 is 2.66 bits per heavy atom. The van der Waals surface area contributed by atoms with E-state index in [9.17, 15) is 14.1 Å². The third-order valence-corrected chi connectivity index (χ3v) is 11.3. The van der Waals surface area contributed by atoms with Crippen LogP contribution in [0.2, 0.25) is 5.02 Å². The number of benzene rings is 1. The molecule has 7 heteroatoms. The molecule has 0 aromatic heterocycles. The molecule has 2 fully saturated rings. The molecule has 0 amide bonds. The monoisotopic (exact) mass is 531 g/mol. The van der Waals surface area contributed by atoms with Crippen molar-refractivity contribution in [2.75, 3.05) is 11.4 Å². The van der Waals surface area contributed by atoms with E-state index in [0.29, 0.717) is 23.3 Å². The van der Waals surface area contributed by atoms with Crippen LogP contribution in [0.25, 0.3) is 0 Å². The van der Waals surface area contributed by atoms with Crippen LogP contribution in [0, 0.1) is 11.8 Å². The van der Waals surface area contributed by atoms with Gasteiger partial charge in [0.05, 0.1) is 21.4 Å². The molecule has 1 saturated carbocycles. The van der Waals surface area contributed by atoms with E-state index in [1.54, 1.807) is 0 Å². The van der Waals surface area contributed by atoms with Crippen molar-refractivity contribution in [1.29, 1.82) is 0 Å². The normalized spacial score (nSPS) is 31.2. The Morgan fingerprint density at radius 2 is 1.97 bits per heavy atom. The van der Waals surface area contributed by atoms with Crippen molar-refractivity contribution in [1.82, 2.24) is 0 Å². The van der Waals surface area contributed by atoms with Gasteiger partial charge in [0, 0.05) is 33.8 Å². The Bertz CT molecular complexity index is 1110. The molecule has 2 heterocycles. The molecule has 4 nitrogen and oxygen atoms in total. The van der Waals surface area contributed by atoms with Gasteiger partial charge in [-0.15, -0.1) is 11.8 Å². The fraction of sp³-hybridized carbons (Fsp3) is 0.536. The quantitative estimate of drug-likeness (QED) is 0.433. The number of hydrogen-bond donors (Lipinski definition) is 1. The molecule has 3 unspecified atom stereocenters. The zero-order chi connectivity index (χ0) is 24.5. The van der Waals surface area contributed by atoms with Crippen molar-refractivity contribution in [2.24, 2.45) is 11.8 Å². The molecule has 188 valence electrons. The average Bonchev–Trinajstić information content (AvgIpc) is 3.35. The van der Waals surface area contributed by atoms with Gasteiger partial charge >= 0.3 is 5.97 Å². The highest BCUT2D eigenvalue weighted by Crippen LogP contribution is 2.49. The van der Waals surface area contributed by atoms with Gasteiger partial charge in [-0.3, -0.25) is 4.79 Å². The highest BCUT2D eigenvalue weighted by Gasteiger charge is 2.35. The number of carbonyl (C=O) groups is 1. The van der Waals surface area contributed by atoms with Crippen molar-refractivity contribution in [3.63, 3.8) is 0 Å². The summed E-state index contributed by atoms with van der Waals surface area (Å²) in [5.74, 6) is 0.233. The van der Waals surface area contributed by atoms with Crippen LogP contribution in [0.3, 0.4) is 0 Å². The molecule has 0 spiro atoms. The lowest BCUT2D eigenvalue weighted by atomic mass is 9.76. The zero-order valence-corrected chi connectivity index (χ0v) is 22.6. The standard InChI is InChI=1S/C28H34ClNO3S2/c1-18-17-35(33)27-14-21(25-12-13-26(34-25)28(31)32)23(29)15-24(27)30(20-10-6-3-7-11-20)16-22(18)19-8-4-2-5-9-19/h3,6,10,14-15,17,19,22,25-26H,2,4-5,7-9,11-13,16H2,1H3,(H,31,32)/b18-17+/t22-,25?,26?,35?/m1/s1. The van der Waals surface area contributed by atoms with Crippen LogP contribution in [0.5, 0.6) is 0 Å². The van der Waals surface area contributed by atoms with Crippen molar-refractivity contribution in [2.45, 2.75) is 80.1 Å². The Labute approximate surface area is 220 Å². The van der Waals surface area contributed by atoms with Crippen molar-refractivity contribution < 1.29 is 14.1 Å². The van der Waals surface area contributed by atoms with E-state index in [1.165, 1.54) is 55.1 Å². The maximum absolute atomic E-state index is 13.8. The number of anilines is 1. The predicted octanol–water partition coefficient (Wildman–Crippen LogP) is 7.62. The van der Waals surface area contributed by atoms with E-state index in [2.05, 4.69) is 30.1 Å². The maximum Gasteiger partial charge on any atom is 0.316 e. The van der Waals surface area contributed by atoms with Gasteiger partial charge in [0.1, 0.15) is 5.25 Å².